The Morgan fingerprint density at radius 1 is 1.24 bits per heavy atom. The van der Waals surface area contributed by atoms with Gasteiger partial charge in [-0.05, 0) is 31.4 Å². The van der Waals surface area contributed by atoms with Crippen molar-refractivity contribution in [3.8, 4) is 17.0 Å². The SMILES string of the molecule is COc1ccc(C)cc1-c1ccnc(SC)n1. The number of benzene rings is 1. The van der Waals surface area contributed by atoms with Gasteiger partial charge in [0.15, 0.2) is 5.16 Å². The van der Waals surface area contributed by atoms with E-state index >= 15 is 0 Å². The Hall–Kier alpha value is -1.55. The van der Waals surface area contributed by atoms with Gasteiger partial charge in [0.2, 0.25) is 0 Å². The Morgan fingerprint density at radius 3 is 2.76 bits per heavy atom. The molecule has 0 amide bonds. The Labute approximate surface area is 105 Å². The summed E-state index contributed by atoms with van der Waals surface area (Å²) >= 11 is 1.53. The van der Waals surface area contributed by atoms with E-state index in [1.807, 2.05) is 24.5 Å². The van der Waals surface area contributed by atoms with Crippen LogP contribution in [0.1, 0.15) is 5.56 Å². The molecule has 0 saturated carbocycles. The summed E-state index contributed by atoms with van der Waals surface area (Å²) in [5, 5.41) is 0.769. The van der Waals surface area contributed by atoms with Crippen LogP contribution in [0, 0.1) is 6.92 Å². The number of aryl methyl sites for hydroxylation is 1. The van der Waals surface area contributed by atoms with E-state index in [0.717, 1.165) is 22.2 Å². The Bertz CT molecular complexity index is 529. The molecule has 0 aliphatic carbocycles. The highest BCUT2D eigenvalue weighted by molar-refractivity contribution is 7.98. The van der Waals surface area contributed by atoms with Crippen molar-refractivity contribution in [1.29, 1.82) is 0 Å². The van der Waals surface area contributed by atoms with Crippen molar-refractivity contribution in [3.63, 3.8) is 0 Å². The zero-order chi connectivity index (χ0) is 12.3. The molecule has 0 saturated heterocycles. The lowest BCUT2D eigenvalue weighted by Crippen LogP contribution is -1.93. The first-order valence-electron chi connectivity index (χ1n) is 5.26. The maximum absolute atomic E-state index is 5.36. The maximum atomic E-state index is 5.36. The van der Waals surface area contributed by atoms with Crippen LogP contribution in [-0.4, -0.2) is 23.3 Å². The smallest absolute Gasteiger partial charge is 0.187 e. The summed E-state index contributed by atoms with van der Waals surface area (Å²) in [6, 6.07) is 7.97. The average Bonchev–Trinajstić information content (AvgIpc) is 2.39. The van der Waals surface area contributed by atoms with E-state index in [1.165, 1.54) is 17.3 Å². The highest BCUT2D eigenvalue weighted by atomic mass is 32.2. The second-order valence-corrected chi connectivity index (χ2v) is 4.41. The predicted molar refractivity (Wildman–Crippen MR) is 70.5 cm³/mol. The molecule has 1 heterocycles. The van der Waals surface area contributed by atoms with Crippen LogP contribution in [0.15, 0.2) is 35.6 Å². The summed E-state index contributed by atoms with van der Waals surface area (Å²) < 4.78 is 5.36. The fourth-order valence-corrected chi connectivity index (χ4v) is 1.97. The van der Waals surface area contributed by atoms with Crippen molar-refractivity contribution in [1.82, 2.24) is 9.97 Å². The van der Waals surface area contributed by atoms with Crippen LogP contribution in [0.4, 0.5) is 0 Å². The van der Waals surface area contributed by atoms with Gasteiger partial charge in [-0.3, -0.25) is 0 Å². The van der Waals surface area contributed by atoms with Crippen LogP contribution in [0.25, 0.3) is 11.3 Å². The third-order valence-electron chi connectivity index (χ3n) is 2.45. The van der Waals surface area contributed by atoms with E-state index in [1.54, 1.807) is 13.3 Å². The van der Waals surface area contributed by atoms with Crippen molar-refractivity contribution >= 4 is 11.8 Å². The molecule has 0 atom stereocenters. The molecule has 0 bridgehead atoms. The minimum Gasteiger partial charge on any atom is -0.496 e. The summed E-state index contributed by atoms with van der Waals surface area (Å²) in [4.78, 5) is 8.66. The standard InChI is InChI=1S/C13H14N2OS/c1-9-4-5-12(16-2)10(8-9)11-6-7-14-13(15-11)17-3/h4-8H,1-3H3. The van der Waals surface area contributed by atoms with E-state index < -0.39 is 0 Å². The van der Waals surface area contributed by atoms with Gasteiger partial charge in [0, 0.05) is 11.8 Å². The number of aromatic nitrogens is 2. The fraction of sp³-hybridized carbons (Fsp3) is 0.231. The minimum absolute atomic E-state index is 0.769. The topological polar surface area (TPSA) is 35.0 Å². The van der Waals surface area contributed by atoms with Crippen molar-refractivity contribution in [2.45, 2.75) is 12.1 Å². The highest BCUT2D eigenvalue weighted by Crippen LogP contribution is 2.29. The molecule has 88 valence electrons. The number of hydrogen-bond acceptors (Lipinski definition) is 4. The molecule has 3 nitrogen and oxygen atoms in total. The number of ether oxygens (including phenoxy) is 1. The van der Waals surface area contributed by atoms with Crippen LogP contribution in [0.5, 0.6) is 5.75 Å². The molecule has 1 aromatic carbocycles. The molecule has 0 unspecified atom stereocenters. The van der Waals surface area contributed by atoms with Crippen LogP contribution in [-0.2, 0) is 0 Å². The first-order chi connectivity index (χ1) is 8.24. The van der Waals surface area contributed by atoms with E-state index in [4.69, 9.17) is 4.74 Å². The molecule has 0 fully saturated rings. The third kappa shape index (κ3) is 2.58. The second-order valence-electron chi connectivity index (χ2n) is 3.63. The molecule has 0 N–H and O–H groups in total. The van der Waals surface area contributed by atoms with E-state index in [9.17, 15) is 0 Å². The maximum Gasteiger partial charge on any atom is 0.187 e. The first kappa shape index (κ1) is 11.9. The van der Waals surface area contributed by atoms with Gasteiger partial charge >= 0.3 is 0 Å². The van der Waals surface area contributed by atoms with E-state index in [-0.39, 0.29) is 0 Å². The Morgan fingerprint density at radius 2 is 2.06 bits per heavy atom. The van der Waals surface area contributed by atoms with Crippen molar-refractivity contribution < 1.29 is 4.74 Å². The largest absolute Gasteiger partial charge is 0.496 e. The summed E-state index contributed by atoms with van der Waals surface area (Å²) in [6.07, 6.45) is 3.74. The van der Waals surface area contributed by atoms with Crippen molar-refractivity contribution in [2.24, 2.45) is 0 Å². The molecule has 0 aliphatic heterocycles. The molecule has 2 aromatic rings. The van der Waals surface area contributed by atoms with Crippen LogP contribution < -0.4 is 4.74 Å². The lowest BCUT2D eigenvalue weighted by atomic mass is 10.1. The molecule has 1 aromatic heterocycles. The van der Waals surface area contributed by atoms with Crippen LogP contribution in [0.2, 0.25) is 0 Å². The fourth-order valence-electron chi connectivity index (χ4n) is 1.61. The monoisotopic (exact) mass is 246 g/mol. The summed E-state index contributed by atoms with van der Waals surface area (Å²) in [5.74, 6) is 0.835. The second kappa shape index (κ2) is 5.19. The lowest BCUT2D eigenvalue weighted by molar-refractivity contribution is 0.416. The normalized spacial score (nSPS) is 10.3. The summed E-state index contributed by atoms with van der Waals surface area (Å²) in [5.41, 5.74) is 3.08. The van der Waals surface area contributed by atoms with Gasteiger partial charge in [0.05, 0.1) is 12.8 Å². The molecule has 0 aliphatic rings. The molecular weight excluding hydrogens is 232 g/mol. The van der Waals surface area contributed by atoms with Gasteiger partial charge < -0.3 is 4.74 Å². The predicted octanol–water partition coefficient (Wildman–Crippen LogP) is 3.18. The number of hydrogen-bond donors (Lipinski definition) is 0. The Kier molecular flexibility index (Phi) is 3.64. The quantitative estimate of drug-likeness (QED) is 0.615. The molecule has 0 radical (unpaired) electrons. The van der Waals surface area contributed by atoms with Gasteiger partial charge in [-0.15, -0.1) is 0 Å². The van der Waals surface area contributed by atoms with Gasteiger partial charge in [0.25, 0.3) is 0 Å². The number of thioether (sulfide) groups is 1. The van der Waals surface area contributed by atoms with E-state index in [2.05, 4.69) is 23.0 Å². The van der Waals surface area contributed by atoms with Gasteiger partial charge in [0.1, 0.15) is 5.75 Å². The highest BCUT2D eigenvalue weighted by Gasteiger charge is 2.08. The minimum atomic E-state index is 0.769. The number of methoxy groups -OCH3 is 1. The third-order valence-corrected chi connectivity index (χ3v) is 3.01. The average molecular weight is 246 g/mol. The van der Waals surface area contributed by atoms with Gasteiger partial charge in [-0.25, -0.2) is 9.97 Å². The van der Waals surface area contributed by atoms with Crippen LogP contribution in [0.3, 0.4) is 0 Å². The summed E-state index contributed by atoms with van der Waals surface area (Å²) in [7, 11) is 1.67. The zero-order valence-electron chi connectivity index (χ0n) is 10.1. The lowest BCUT2D eigenvalue weighted by Gasteiger charge is -2.09. The number of nitrogens with zero attached hydrogens (tertiary/aromatic N) is 2. The van der Waals surface area contributed by atoms with Gasteiger partial charge in [-0.2, -0.15) is 0 Å². The van der Waals surface area contributed by atoms with Gasteiger partial charge in [-0.1, -0.05) is 23.4 Å². The molecule has 2 rings (SSSR count). The molecule has 4 heteroatoms. The van der Waals surface area contributed by atoms with Crippen LogP contribution >= 0.6 is 11.8 Å². The molecule has 0 spiro atoms. The summed E-state index contributed by atoms with van der Waals surface area (Å²) in [6.45, 7) is 2.06. The van der Waals surface area contributed by atoms with E-state index in [0.29, 0.717) is 0 Å². The first-order valence-corrected chi connectivity index (χ1v) is 6.49. The Balaban J connectivity index is 2.54. The van der Waals surface area contributed by atoms with Crippen molar-refractivity contribution in [3.05, 3.63) is 36.0 Å². The molecule has 17 heavy (non-hydrogen) atoms. The molecular formula is C13H14N2OS. The number of rotatable bonds is 3. The van der Waals surface area contributed by atoms with Crippen molar-refractivity contribution in [2.75, 3.05) is 13.4 Å². The zero-order valence-corrected chi connectivity index (χ0v) is 10.9.